The van der Waals surface area contributed by atoms with Crippen LogP contribution < -0.4 is 0 Å². The number of benzene rings is 1. The van der Waals surface area contributed by atoms with Crippen LogP contribution in [0.25, 0.3) is 0 Å². The molecule has 1 heterocycles. The number of likely N-dealkylation sites (tertiary alicyclic amines) is 1. The molecule has 0 bridgehead atoms. The number of carbonyl (C=O) groups excluding carboxylic acids is 1. The summed E-state index contributed by atoms with van der Waals surface area (Å²) in [5, 5.41) is 9.34. The molecular formula is C17H25NO3. The first-order valence-electron chi connectivity index (χ1n) is 7.53. The predicted molar refractivity (Wildman–Crippen MR) is 82.4 cm³/mol. The van der Waals surface area contributed by atoms with Gasteiger partial charge in [0.15, 0.2) is 0 Å². The smallest absolute Gasteiger partial charge is 0.225 e. The monoisotopic (exact) mass is 291 g/mol. The molecule has 1 aliphatic heterocycles. The largest absolute Gasteiger partial charge is 0.508 e. The van der Waals surface area contributed by atoms with E-state index in [2.05, 4.69) is 0 Å². The van der Waals surface area contributed by atoms with Crippen molar-refractivity contribution in [3.8, 4) is 5.75 Å². The average Bonchev–Trinajstić information content (AvgIpc) is 2.48. The zero-order valence-electron chi connectivity index (χ0n) is 13.1. The molecule has 0 radical (unpaired) electrons. The van der Waals surface area contributed by atoms with Gasteiger partial charge >= 0.3 is 0 Å². The molecule has 1 N–H and O–H groups in total. The van der Waals surface area contributed by atoms with Crippen LogP contribution in [-0.4, -0.2) is 41.7 Å². The zero-order valence-corrected chi connectivity index (χ0v) is 13.1. The fraction of sp³-hybridized carbons (Fsp3) is 0.588. The molecule has 0 aromatic heterocycles. The molecule has 4 heteroatoms. The van der Waals surface area contributed by atoms with E-state index < -0.39 is 5.60 Å². The van der Waals surface area contributed by atoms with Crippen molar-refractivity contribution in [3.63, 3.8) is 0 Å². The quantitative estimate of drug-likeness (QED) is 0.928. The van der Waals surface area contributed by atoms with Gasteiger partial charge in [-0.3, -0.25) is 4.79 Å². The molecule has 0 saturated carbocycles. The molecule has 0 spiro atoms. The number of methoxy groups -OCH3 is 1. The molecular weight excluding hydrogens is 266 g/mol. The molecule has 116 valence electrons. The lowest BCUT2D eigenvalue weighted by Crippen LogP contribution is -2.41. The number of aromatic hydroxyl groups is 1. The maximum Gasteiger partial charge on any atom is 0.225 e. The summed E-state index contributed by atoms with van der Waals surface area (Å²) in [6.07, 6.45) is 2.38. The van der Waals surface area contributed by atoms with Gasteiger partial charge in [0.25, 0.3) is 0 Å². The summed E-state index contributed by atoms with van der Waals surface area (Å²) in [5.74, 6) is 0.948. The van der Waals surface area contributed by atoms with Crippen molar-refractivity contribution in [1.29, 1.82) is 0 Å². The molecule has 0 unspecified atom stereocenters. The Morgan fingerprint density at radius 2 is 1.86 bits per heavy atom. The number of phenols is 1. The topological polar surface area (TPSA) is 49.8 Å². The third-order valence-electron chi connectivity index (χ3n) is 4.34. The molecule has 4 nitrogen and oxygen atoms in total. The van der Waals surface area contributed by atoms with Crippen LogP contribution in [0.3, 0.4) is 0 Å². The van der Waals surface area contributed by atoms with Gasteiger partial charge in [0, 0.05) is 20.2 Å². The summed E-state index contributed by atoms with van der Waals surface area (Å²) < 4.78 is 5.33. The van der Waals surface area contributed by atoms with Crippen LogP contribution >= 0.6 is 0 Å². The highest BCUT2D eigenvalue weighted by Gasteiger charge is 2.28. The lowest BCUT2D eigenvalue weighted by atomic mass is 9.89. The molecule has 0 aliphatic carbocycles. The third kappa shape index (κ3) is 4.21. The number of hydrogen-bond donors (Lipinski definition) is 1. The number of phenolic OH excluding ortho intramolecular Hbond substituents is 1. The second-order valence-corrected chi connectivity index (χ2v) is 6.39. The number of hydrogen-bond acceptors (Lipinski definition) is 3. The minimum absolute atomic E-state index is 0.172. The number of nitrogens with zero attached hydrogens (tertiary/aromatic N) is 1. The van der Waals surface area contributed by atoms with Crippen molar-refractivity contribution in [2.24, 2.45) is 0 Å². The maximum absolute atomic E-state index is 12.3. The standard InChI is InChI=1S/C17H25NO3/c1-17(2,21-3)12-16(20)18-10-8-14(9-11-18)13-4-6-15(19)7-5-13/h4-7,14,19H,8-12H2,1-3H3. The van der Waals surface area contributed by atoms with Crippen molar-refractivity contribution >= 4 is 5.91 Å². The van der Waals surface area contributed by atoms with Crippen molar-refractivity contribution < 1.29 is 14.6 Å². The fourth-order valence-electron chi connectivity index (χ4n) is 2.76. The molecule has 1 saturated heterocycles. The minimum atomic E-state index is -0.398. The molecule has 1 amide bonds. The van der Waals surface area contributed by atoms with E-state index in [0.717, 1.165) is 25.9 Å². The number of piperidine rings is 1. The van der Waals surface area contributed by atoms with Gasteiger partial charge in [-0.2, -0.15) is 0 Å². The van der Waals surface area contributed by atoms with Gasteiger partial charge in [-0.25, -0.2) is 0 Å². The Bertz CT molecular complexity index is 473. The molecule has 1 aliphatic rings. The Morgan fingerprint density at radius 3 is 2.38 bits per heavy atom. The van der Waals surface area contributed by atoms with Gasteiger partial charge in [0.05, 0.1) is 12.0 Å². The summed E-state index contributed by atoms with van der Waals surface area (Å²) in [7, 11) is 1.64. The van der Waals surface area contributed by atoms with Crippen LogP contribution in [0.15, 0.2) is 24.3 Å². The molecule has 0 atom stereocenters. The van der Waals surface area contributed by atoms with E-state index in [1.54, 1.807) is 19.2 Å². The van der Waals surface area contributed by atoms with E-state index in [1.165, 1.54) is 5.56 Å². The van der Waals surface area contributed by atoms with Gasteiger partial charge in [-0.1, -0.05) is 12.1 Å². The maximum atomic E-state index is 12.3. The lowest BCUT2D eigenvalue weighted by Gasteiger charge is -2.34. The second-order valence-electron chi connectivity index (χ2n) is 6.39. The molecule has 2 rings (SSSR count). The van der Waals surface area contributed by atoms with Crippen molar-refractivity contribution in [2.45, 2.75) is 44.6 Å². The van der Waals surface area contributed by atoms with E-state index >= 15 is 0 Å². The van der Waals surface area contributed by atoms with Crippen molar-refractivity contribution in [3.05, 3.63) is 29.8 Å². The number of amides is 1. The van der Waals surface area contributed by atoms with E-state index in [4.69, 9.17) is 4.74 Å². The third-order valence-corrected chi connectivity index (χ3v) is 4.34. The van der Waals surface area contributed by atoms with E-state index in [-0.39, 0.29) is 5.91 Å². The summed E-state index contributed by atoms with van der Waals surface area (Å²) >= 11 is 0. The molecule has 1 aromatic carbocycles. The van der Waals surface area contributed by atoms with Crippen LogP contribution in [0.4, 0.5) is 0 Å². The van der Waals surface area contributed by atoms with Gasteiger partial charge < -0.3 is 14.7 Å². The highest BCUT2D eigenvalue weighted by atomic mass is 16.5. The van der Waals surface area contributed by atoms with Crippen LogP contribution in [0.1, 0.15) is 44.6 Å². The number of carbonyl (C=O) groups is 1. The van der Waals surface area contributed by atoms with E-state index in [1.807, 2.05) is 30.9 Å². The molecule has 1 fully saturated rings. The van der Waals surface area contributed by atoms with Crippen molar-refractivity contribution in [2.75, 3.05) is 20.2 Å². The normalized spacial score (nSPS) is 17.0. The predicted octanol–water partition coefficient (Wildman–Crippen LogP) is 2.91. The number of rotatable bonds is 4. The Labute approximate surface area is 126 Å². The van der Waals surface area contributed by atoms with Crippen LogP contribution in [0.5, 0.6) is 5.75 Å². The van der Waals surface area contributed by atoms with Gasteiger partial charge in [0.2, 0.25) is 5.91 Å². The van der Waals surface area contributed by atoms with E-state index in [9.17, 15) is 9.90 Å². The van der Waals surface area contributed by atoms with E-state index in [0.29, 0.717) is 18.1 Å². The SMILES string of the molecule is COC(C)(C)CC(=O)N1CCC(c2ccc(O)cc2)CC1. The highest BCUT2D eigenvalue weighted by Crippen LogP contribution is 2.29. The van der Waals surface area contributed by atoms with Crippen LogP contribution in [0.2, 0.25) is 0 Å². The average molecular weight is 291 g/mol. The second kappa shape index (κ2) is 6.48. The summed E-state index contributed by atoms with van der Waals surface area (Å²) in [4.78, 5) is 14.2. The first kappa shape index (κ1) is 15.8. The van der Waals surface area contributed by atoms with Gasteiger partial charge in [0.1, 0.15) is 5.75 Å². The lowest BCUT2D eigenvalue weighted by molar-refractivity contribution is -0.137. The van der Waals surface area contributed by atoms with Crippen molar-refractivity contribution in [1.82, 2.24) is 4.90 Å². The van der Waals surface area contributed by atoms with Crippen LogP contribution in [0, 0.1) is 0 Å². The minimum Gasteiger partial charge on any atom is -0.508 e. The molecule has 1 aromatic rings. The van der Waals surface area contributed by atoms with Crippen LogP contribution in [-0.2, 0) is 9.53 Å². The Hall–Kier alpha value is -1.55. The Morgan fingerprint density at radius 1 is 1.29 bits per heavy atom. The van der Waals surface area contributed by atoms with Gasteiger partial charge in [-0.15, -0.1) is 0 Å². The first-order chi connectivity index (χ1) is 9.91. The fourth-order valence-corrected chi connectivity index (χ4v) is 2.76. The summed E-state index contributed by atoms with van der Waals surface area (Å²) in [6, 6.07) is 7.42. The highest BCUT2D eigenvalue weighted by molar-refractivity contribution is 5.77. The zero-order chi connectivity index (χ0) is 15.5. The molecule has 21 heavy (non-hydrogen) atoms. The Kier molecular flexibility index (Phi) is 4.88. The first-order valence-corrected chi connectivity index (χ1v) is 7.53. The summed E-state index contributed by atoms with van der Waals surface area (Å²) in [5.41, 5.74) is 0.849. The Balaban J connectivity index is 1.88. The number of ether oxygens (including phenoxy) is 1. The summed E-state index contributed by atoms with van der Waals surface area (Å²) in [6.45, 7) is 5.47. The van der Waals surface area contributed by atoms with Gasteiger partial charge in [-0.05, 0) is 50.3 Å².